The number of piperidine rings is 1. The molecule has 1 unspecified atom stereocenters. The second-order valence-corrected chi connectivity index (χ2v) is 4.75. The third-order valence-electron chi connectivity index (χ3n) is 3.62. The highest BCUT2D eigenvalue weighted by molar-refractivity contribution is 5.80. The molecule has 2 nitrogen and oxygen atoms in total. The fourth-order valence-electron chi connectivity index (χ4n) is 2.63. The molecule has 0 radical (unpaired) electrons. The van der Waals surface area contributed by atoms with Gasteiger partial charge in [0.15, 0.2) is 0 Å². The minimum absolute atomic E-state index is 0.563. The molecular formula is C14H18N2. The number of rotatable bonds is 1. The van der Waals surface area contributed by atoms with Gasteiger partial charge in [-0.15, -0.1) is 0 Å². The van der Waals surface area contributed by atoms with Crippen molar-refractivity contribution in [3.05, 3.63) is 36.0 Å². The summed E-state index contributed by atoms with van der Waals surface area (Å²) in [5.74, 6) is 0. The number of aryl methyl sites for hydroxylation is 1. The van der Waals surface area contributed by atoms with Gasteiger partial charge in [-0.1, -0.05) is 18.6 Å². The van der Waals surface area contributed by atoms with Crippen LogP contribution in [0.1, 0.15) is 30.9 Å². The van der Waals surface area contributed by atoms with Gasteiger partial charge in [0.1, 0.15) is 0 Å². The van der Waals surface area contributed by atoms with Gasteiger partial charge >= 0.3 is 0 Å². The summed E-state index contributed by atoms with van der Waals surface area (Å²) in [6.45, 7) is 1.16. The molecule has 3 rings (SSSR count). The molecule has 2 heterocycles. The first kappa shape index (κ1) is 9.91. The molecule has 1 aromatic carbocycles. The third kappa shape index (κ3) is 1.63. The van der Waals surface area contributed by atoms with Crippen LogP contribution in [0.25, 0.3) is 10.9 Å². The van der Waals surface area contributed by atoms with Crippen LogP contribution in [0.3, 0.4) is 0 Å². The Hall–Kier alpha value is -1.28. The van der Waals surface area contributed by atoms with Crippen molar-refractivity contribution in [2.75, 3.05) is 6.54 Å². The summed E-state index contributed by atoms with van der Waals surface area (Å²) < 4.78 is 2.20. The summed E-state index contributed by atoms with van der Waals surface area (Å²) in [7, 11) is 2.11. The fraction of sp³-hybridized carbons (Fsp3) is 0.429. The largest absolute Gasteiger partial charge is 0.351 e. The van der Waals surface area contributed by atoms with Crippen molar-refractivity contribution >= 4 is 10.9 Å². The quantitative estimate of drug-likeness (QED) is 0.772. The first-order chi connectivity index (χ1) is 7.84. The Morgan fingerprint density at radius 2 is 2.19 bits per heavy atom. The van der Waals surface area contributed by atoms with E-state index in [0.717, 1.165) is 6.54 Å². The molecule has 1 aliphatic heterocycles. The highest BCUT2D eigenvalue weighted by Crippen LogP contribution is 2.26. The number of hydrogen-bond acceptors (Lipinski definition) is 1. The molecule has 84 valence electrons. The van der Waals surface area contributed by atoms with Crippen molar-refractivity contribution in [3.8, 4) is 0 Å². The van der Waals surface area contributed by atoms with E-state index in [0.29, 0.717) is 6.04 Å². The van der Waals surface area contributed by atoms with E-state index in [4.69, 9.17) is 0 Å². The average Bonchev–Trinajstić information content (AvgIpc) is 2.72. The zero-order chi connectivity index (χ0) is 11.0. The highest BCUT2D eigenvalue weighted by Gasteiger charge is 2.14. The van der Waals surface area contributed by atoms with E-state index < -0.39 is 0 Å². The summed E-state index contributed by atoms with van der Waals surface area (Å²) >= 11 is 0. The normalized spacial score (nSPS) is 21.4. The molecule has 16 heavy (non-hydrogen) atoms. The van der Waals surface area contributed by atoms with Gasteiger partial charge < -0.3 is 9.88 Å². The predicted molar refractivity (Wildman–Crippen MR) is 67.5 cm³/mol. The standard InChI is InChI=1S/C14H18N2/c1-16-9-7-11-5-6-12(10-14(11)16)13-4-2-3-8-15-13/h5-7,9-10,13,15H,2-4,8H2,1H3. The van der Waals surface area contributed by atoms with E-state index in [9.17, 15) is 0 Å². The van der Waals surface area contributed by atoms with Crippen molar-refractivity contribution in [2.45, 2.75) is 25.3 Å². The van der Waals surface area contributed by atoms with Crippen LogP contribution in [-0.4, -0.2) is 11.1 Å². The van der Waals surface area contributed by atoms with Gasteiger partial charge in [-0.3, -0.25) is 0 Å². The number of benzene rings is 1. The van der Waals surface area contributed by atoms with E-state index in [-0.39, 0.29) is 0 Å². The molecule has 0 amide bonds. The van der Waals surface area contributed by atoms with Crippen LogP contribution in [0, 0.1) is 0 Å². The van der Waals surface area contributed by atoms with Gasteiger partial charge in [0.25, 0.3) is 0 Å². The van der Waals surface area contributed by atoms with Crippen molar-refractivity contribution in [2.24, 2.45) is 7.05 Å². The maximum absolute atomic E-state index is 3.60. The maximum atomic E-state index is 3.60. The van der Waals surface area contributed by atoms with Crippen molar-refractivity contribution in [1.82, 2.24) is 9.88 Å². The SMILES string of the molecule is Cn1ccc2ccc(C3CCCCN3)cc21. The smallest absolute Gasteiger partial charge is 0.0481 e. The summed E-state index contributed by atoms with van der Waals surface area (Å²) in [5, 5.41) is 4.94. The molecule has 2 heteroatoms. The molecule has 0 spiro atoms. The number of fused-ring (bicyclic) bond motifs is 1. The van der Waals surface area contributed by atoms with Crippen molar-refractivity contribution < 1.29 is 0 Å². The molecule has 0 saturated carbocycles. The summed E-state index contributed by atoms with van der Waals surface area (Å²) in [6.07, 6.45) is 6.07. The molecule has 1 aliphatic rings. The monoisotopic (exact) mass is 214 g/mol. The van der Waals surface area contributed by atoms with E-state index in [1.165, 1.54) is 35.7 Å². The molecule has 1 saturated heterocycles. The van der Waals surface area contributed by atoms with Crippen molar-refractivity contribution in [1.29, 1.82) is 0 Å². The second kappa shape index (κ2) is 3.95. The average molecular weight is 214 g/mol. The first-order valence-electron chi connectivity index (χ1n) is 6.13. The molecule has 1 aromatic heterocycles. The predicted octanol–water partition coefficient (Wildman–Crippen LogP) is 2.99. The van der Waals surface area contributed by atoms with Crippen LogP contribution in [0.15, 0.2) is 30.5 Å². The van der Waals surface area contributed by atoms with Crippen LogP contribution >= 0.6 is 0 Å². The lowest BCUT2D eigenvalue weighted by Crippen LogP contribution is -2.26. The van der Waals surface area contributed by atoms with Gasteiger partial charge in [-0.25, -0.2) is 0 Å². The molecule has 2 aromatic rings. The molecule has 1 atom stereocenters. The Bertz CT molecular complexity index is 492. The fourth-order valence-corrected chi connectivity index (χ4v) is 2.63. The minimum Gasteiger partial charge on any atom is -0.351 e. The van der Waals surface area contributed by atoms with E-state index in [2.05, 4.69) is 47.4 Å². The highest BCUT2D eigenvalue weighted by atomic mass is 14.9. The Morgan fingerprint density at radius 3 is 3.00 bits per heavy atom. The summed E-state index contributed by atoms with van der Waals surface area (Å²) in [6, 6.07) is 9.57. The number of aromatic nitrogens is 1. The first-order valence-corrected chi connectivity index (χ1v) is 6.13. The van der Waals surface area contributed by atoms with E-state index >= 15 is 0 Å². The summed E-state index contributed by atoms with van der Waals surface area (Å²) in [4.78, 5) is 0. The molecule has 1 fully saturated rings. The minimum atomic E-state index is 0.563. The van der Waals surface area contributed by atoms with Gasteiger partial charge in [-0.05, 0) is 42.5 Å². The van der Waals surface area contributed by atoms with Gasteiger partial charge in [0, 0.05) is 24.8 Å². The lowest BCUT2D eigenvalue weighted by Gasteiger charge is -2.24. The van der Waals surface area contributed by atoms with E-state index in [1.54, 1.807) is 0 Å². The van der Waals surface area contributed by atoms with Gasteiger partial charge in [0.05, 0.1) is 0 Å². The third-order valence-corrected chi connectivity index (χ3v) is 3.62. The Balaban J connectivity index is 1.99. The zero-order valence-corrected chi connectivity index (χ0v) is 9.74. The molecule has 1 N–H and O–H groups in total. The van der Waals surface area contributed by atoms with Crippen LogP contribution < -0.4 is 5.32 Å². The van der Waals surface area contributed by atoms with Crippen LogP contribution in [0.4, 0.5) is 0 Å². The molecule has 0 aliphatic carbocycles. The van der Waals surface area contributed by atoms with E-state index in [1.807, 2.05) is 0 Å². The lowest BCUT2D eigenvalue weighted by molar-refractivity contribution is 0.412. The van der Waals surface area contributed by atoms with Gasteiger partial charge in [0.2, 0.25) is 0 Å². The van der Waals surface area contributed by atoms with Gasteiger partial charge in [-0.2, -0.15) is 0 Å². The van der Waals surface area contributed by atoms with Crippen molar-refractivity contribution in [3.63, 3.8) is 0 Å². The second-order valence-electron chi connectivity index (χ2n) is 4.75. The Morgan fingerprint density at radius 1 is 1.25 bits per heavy atom. The zero-order valence-electron chi connectivity index (χ0n) is 9.74. The lowest BCUT2D eigenvalue weighted by atomic mass is 9.97. The molecule has 0 bridgehead atoms. The van der Waals surface area contributed by atoms with Crippen LogP contribution in [0.5, 0.6) is 0 Å². The van der Waals surface area contributed by atoms with Crippen LogP contribution in [0.2, 0.25) is 0 Å². The summed E-state index contributed by atoms with van der Waals surface area (Å²) in [5.41, 5.74) is 2.78. The Kier molecular flexibility index (Phi) is 2.44. The Labute approximate surface area is 96.3 Å². The number of nitrogens with zero attached hydrogens (tertiary/aromatic N) is 1. The topological polar surface area (TPSA) is 17.0 Å². The maximum Gasteiger partial charge on any atom is 0.0481 e. The number of hydrogen-bond donors (Lipinski definition) is 1. The number of nitrogens with one attached hydrogen (secondary N) is 1. The molecular weight excluding hydrogens is 196 g/mol. The van der Waals surface area contributed by atoms with Crippen LogP contribution in [-0.2, 0) is 7.05 Å².